The third kappa shape index (κ3) is 2.87. The number of hydrogen-bond donors (Lipinski definition) is 0. The fraction of sp³-hybridized carbons (Fsp3) is 0.417. The van der Waals surface area contributed by atoms with Gasteiger partial charge in [0, 0.05) is 11.6 Å². The highest BCUT2D eigenvalue weighted by molar-refractivity contribution is 9.10. The van der Waals surface area contributed by atoms with Gasteiger partial charge in [-0.3, -0.25) is 9.36 Å². The van der Waals surface area contributed by atoms with E-state index in [1.807, 2.05) is 12.3 Å². The number of aryl methyl sites for hydroxylation is 2. The predicted molar refractivity (Wildman–Crippen MR) is 76.1 cm³/mol. The van der Waals surface area contributed by atoms with Crippen LogP contribution < -0.4 is 5.56 Å². The summed E-state index contributed by atoms with van der Waals surface area (Å²) < 4.78 is 2.12. The van der Waals surface area contributed by atoms with E-state index in [1.165, 1.54) is 6.20 Å². The molecule has 0 saturated carbocycles. The zero-order valence-electron chi connectivity index (χ0n) is 10.3. The molecule has 0 amide bonds. The molecule has 18 heavy (non-hydrogen) atoms. The summed E-state index contributed by atoms with van der Waals surface area (Å²) in [4.78, 5) is 20.7. The monoisotopic (exact) mass is 327 g/mol. The first-order valence-electron chi connectivity index (χ1n) is 5.77. The lowest BCUT2D eigenvalue weighted by Gasteiger charge is -2.07. The summed E-state index contributed by atoms with van der Waals surface area (Å²) in [6.45, 7) is 4.44. The van der Waals surface area contributed by atoms with Crippen molar-refractivity contribution in [2.75, 3.05) is 0 Å². The Hall–Kier alpha value is -1.01. The molecule has 0 radical (unpaired) electrons. The summed E-state index contributed by atoms with van der Waals surface area (Å²) in [5.74, 6) is 0.702. The summed E-state index contributed by atoms with van der Waals surface area (Å²) in [5.41, 5.74) is 0.862. The van der Waals surface area contributed by atoms with Crippen molar-refractivity contribution in [3.63, 3.8) is 0 Å². The molecule has 0 N–H and O–H groups in total. The maximum atomic E-state index is 12.0. The molecule has 6 heteroatoms. The van der Waals surface area contributed by atoms with E-state index in [2.05, 4.69) is 32.8 Å². The topological polar surface area (TPSA) is 47.8 Å². The molecule has 4 nitrogen and oxygen atoms in total. The average molecular weight is 328 g/mol. The van der Waals surface area contributed by atoms with Gasteiger partial charge in [0.05, 0.1) is 17.2 Å². The van der Waals surface area contributed by atoms with Crippen LogP contribution in [0.2, 0.25) is 0 Å². The minimum atomic E-state index is -0.0625. The molecule has 2 rings (SSSR count). The Morgan fingerprint density at radius 3 is 3.00 bits per heavy atom. The van der Waals surface area contributed by atoms with Crippen LogP contribution in [-0.4, -0.2) is 14.5 Å². The Morgan fingerprint density at radius 1 is 1.50 bits per heavy atom. The van der Waals surface area contributed by atoms with Crippen molar-refractivity contribution >= 4 is 27.3 Å². The van der Waals surface area contributed by atoms with Crippen molar-refractivity contribution in [1.29, 1.82) is 0 Å². The smallest absolute Gasteiger partial charge is 0.268 e. The van der Waals surface area contributed by atoms with Gasteiger partial charge in [-0.15, -0.1) is 11.3 Å². The largest absolute Gasteiger partial charge is 0.290 e. The quantitative estimate of drug-likeness (QED) is 0.867. The molecule has 0 bridgehead atoms. The van der Waals surface area contributed by atoms with Crippen molar-refractivity contribution in [2.45, 2.75) is 33.2 Å². The van der Waals surface area contributed by atoms with Gasteiger partial charge in [0.2, 0.25) is 0 Å². The Kier molecular flexibility index (Phi) is 4.29. The number of aromatic nitrogens is 3. The number of hydrogen-bond acceptors (Lipinski definition) is 4. The van der Waals surface area contributed by atoms with E-state index < -0.39 is 0 Å². The van der Waals surface area contributed by atoms with E-state index in [1.54, 1.807) is 15.9 Å². The van der Waals surface area contributed by atoms with Crippen LogP contribution in [0.15, 0.2) is 20.8 Å². The van der Waals surface area contributed by atoms with Gasteiger partial charge in [0.15, 0.2) is 0 Å². The first-order chi connectivity index (χ1) is 8.61. The summed E-state index contributed by atoms with van der Waals surface area (Å²) in [6.07, 6.45) is 3.62. The summed E-state index contributed by atoms with van der Waals surface area (Å²) in [7, 11) is 0. The van der Waals surface area contributed by atoms with Gasteiger partial charge < -0.3 is 0 Å². The second-order valence-electron chi connectivity index (χ2n) is 4.03. The second-order valence-corrected chi connectivity index (χ2v) is 5.82. The van der Waals surface area contributed by atoms with Crippen LogP contribution in [0.1, 0.15) is 29.9 Å². The highest BCUT2D eigenvalue weighted by Crippen LogP contribution is 2.13. The van der Waals surface area contributed by atoms with Gasteiger partial charge in [0.25, 0.3) is 5.56 Å². The minimum absolute atomic E-state index is 0.0625. The van der Waals surface area contributed by atoms with Crippen LogP contribution in [0.3, 0.4) is 0 Å². The van der Waals surface area contributed by atoms with Crippen molar-refractivity contribution < 1.29 is 0 Å². The van der Waals surface area contributed by atoms with Gasteiger partial charge in [-0.05, 0) is 35.7 Å². The van der Waals surface area contributed by atoms with Gasteiger partial charge in [-0.25, -0.2) is 9.97 Å². The molecular weight excluding hydrogens is 314 g/mol. The standard InChI is InChI=1S/C12H14BrN3OS/c1-3-4-11-15-9(7-18-11)6-16-8(2)14-5-10(13)12(16)17/h5,7H,3-4,6H2,1-2H3. The van der Waals surface area contributed by atoms with E-state index in [4.69, 9.17) is 0 Å². The van der Waals surface area contributed by atoms with Crippen molar-refractivity contribution in [3.05, 3.63) is 42.9 Å². The van der Waals surface area contributed by atoms with Crippen LogP contribution in [0, 0.1) is 6.92 Å². The SMILES string of the molecule is CCCc1nc(Cn2c(C)ncc(Br)c2=O)cs1. The van der Waals surface area contributed by atoms with E-state index in [0.717, 1.165) is 23.5 Å². The molecule has 0 unspecified atom stereocenters. The van der Waals surface area contributed by atoms with E-state index in [0.29, 0.717) is 16.8 Å². The van der Waals surface area contributed by atoms with Crippen molar-refractivity contribution in [1.82, 2.24) is 14.5 Å². The van der Waals surface area contributed by atoms with Gasteiger partial charge >= 0.3 is 0 Å². The maximum Gasteiger partial charge on any atom is 0.268 e. The predicted octanol–water partition coefficient (Wildman–Crippen LogP) is 2.77. The number of thiazole rings is 1. The fourth-order valence-electron chi connectivity index (χ4n) is 1.65. The third-order valence-electron chi connectivity index (χ3n) is 2.59. The van der Waals surface area contributed by atoms with Crippen LogP contribution >= 0.6 is 27.3 Å². The van der Waals surface area contributed by atoms with Crippen LogP contribution in [-0.2, 0) is 13.0 Å². The second kappa shape index (κ2) is 5.75. The molecule has 0 saturated heterocycles. The Balaban J connectivity index is 2.28. The molecule has 96 valence electrons. The van der Waals surface area contributed by atoms with Crippen LogP contribution in [0.4, 0.5) is 0 Å². The molecular formula is C12H14BrN3OS. The normalized spacial score (nSPS) is 10.8. The van der Waals surface area contributed by atoms with E-state index in [9.17, 15) is 4.79 Å². The number of rotatable bonds is 4. The van der Waals surface area contributed by atoms with E-state index >= 15 is 0 Å². The van der Waals surface area contributed by atoms with Crippen LogP contribution in [0.25, 0.3) is 0 Å². The Bertz CT molecular complexity index is 606. The molecule has 0 aliphatic heterocycles. The highest BCUT2D eigenvalue weighted by atomic mass is 79.9. The molecule has 0 atom stereocenters. The Morgan fingerprint density at radius 2 is 2.28 bits per heavy atom. The summed E-state index contributed by atoms with van der Waals surface area (Å²) in [5, 5.41) is 3.14. The summed E-state index contributed by atoms with van der Waals surface area (Å²) >= 11 is 4.86. The first kappa shape index (κ1) is 13.4. The molecule has 0 aliphatic rings. The average Bonchev–Trinajstić information content (AvgIpc) is 2.78. The number of nitrogens with zero attached hydrogens (tertiary/aromatic N) is 3. The van der Waals surface area contributed by atoms with E-state index in [-0.39, 0.29) is 5.56 Å². The van der Waals surface area contributed by atoms with Crippen molar-refractivity contribution in [3.8, 4) is 0 Å². The fourth-order valence-corrected chi connectivity index (χ4v) is 2.86. The molecule has 2 aromatic rings. The molecule has 2 heterocycles. The van der Waals surface area contributed by atoms with Gasteiger partial charge in [-0.1, -0.05) is 6.92 Å². The lowest BCUT2D eigenvalue weighted by Crippen LogP contribution is -2.24. The lowest BCUT2D eigenvalue weighted by molar-refractivity contribution is 0.682. The third-order valence-corrected chi connectivity index (χ3v) is 4.09. The maximum absolute atomic E-state index is 12.0. The van der Waals surface area contributed by atoms with Crippen molar-refractivity contribution in [2.24, 2.45) is 0 Å². The molecule has 2 aromatic heterocycles. The molecule has 0 aromatic carbocycles. The lowest BCUT2D eigenvalue weighted by atomic mass is 10.3. The highest BCUT2D eigenvalue weighted by Gasteiger charge is 2.08. The minimum Gasteiger partial charge on any atom is -0.290 e. The Labute approximate surface area is 118 Å². The molecule has 0 spiro atoms. The zero-order valence-corrected chi connectivity index (χ0v) is 12.7. The molecule has 0 aliphatic carbocycles. The first-order valence-corrected chi connectivity index (χ1v) is 7.44. The summed E-state index contributed by atoms with van der Waals surface area (Å²) in [6, 6.07) is 0. The van der Waals surface area contributed by atoms with Gasteiger partial charge in [-0.2, -0.15) is 0 Å². The van der Waals surface area contributed by atoms with Crippen LogP contribution in [0.5, 0.6) is 0 Å². The zero-order chi connectivity index (χ0) is 13.1. The number of halogens is 1. The molecule has 0 fully saturated rings. The van der Waals surface area contributed by atoms with Gasteiger partial charge in [0.1, 0.15) is 10.3 Å².